The standard InChI is InChI=1S/C9H9NS3/c1-7(12-13-11)9-4-2-8(6-10)3-5-9/h2-5,7,11H,1H3. The second-order valence-electron chi connectivity index (χ2n) is 2.55. The van der Waals surface area contributed by atoms with E-state index in [-0.39, 0.29) is 0 Å². The summed E-state index contributed by atoms with van der Waals surface area (Å²) in [6.45, 7) is 2.12. The summed E-state index contributed by atoms with van der Waals surface area (Å²) in [6, 6.07) is 9.76. The molecular formula is C9H9NS3. The van der Waals surface area contributed by atoms with Crippen LogP contribution < -0.4 is 0 Å². The molecule has 1 rings (SSSR count). The van der Waals surface area contributed by atoms with Crippen LogP contribution in [-0.2, 0) is 0 Å². The van der Waals surface area contributed by atoms with Gasteiger partial charge in [0.25, 0.3) is 0 Å². The summed E-state index contributed by atoms with van der Waals surface area (Å²) in [5, 5.41) is 9.01. The molecule has 0 aromatic heterocycles. The van der Waals surface area contributed by atoms with Crippen molar-refractivity contribution in [1.29, 1.82) is 5.26 Å². The van der Waals surface area contributed by atoms with Gasteiger partial charge in [0.1, 0.15) is 0 Å². The Kier molecular flexibility index (Phi) is 4.57. The molecule has 0 N–H and O–H groups in total. The van der Waals surface area contributed by atoms with E-state index < -0.39 is 0 Å². The van der Waals surface area contributed by atoms with Gasteiger partial charge in [-0.1, -0.05) is 34.6 Å². The Balaban J connectivity index is 2.75. The van der Waals surface area contributed by atoms with Gasteiger partial charge in [0, 0.05) is 5.25 Å². The quantitative estimate of drug-likeness (QED) is 0.627. The Bertz CT molecular complexity index is 302. The Morgan fingerprint density at radius 2 is 2.00 bits per heavy atom. The minimum absolute atomic E-state index is 0.412. The van der Waals surface area contributed by atoms with Crippen molar-refractivity contribution in [2.75, 3.05) is 0 Å². The number of nitrogens with zero attached hydrogens (tertiary/aromatic N) is 1. The van der Waals surface area contributed by atoms with E-state index in [1.165, 1.54) is 15.4 Å². The summed E-state index contributed by atoms with van der Waals surface area (Å²) >= 11 is 4.08. The highest BCUT2D eigenvalue weighted by Crippen LogP contribution is 2.39. The molecule has 1 nitrogen and oxygen atoms in total. The van der Waals surface area contributed by atoms with Gasteiger partial charge >= 0.3 is 0 Å². The first-order chi connectivity index (χ1) is 6.27. The van der Waals surface area contributed by atoms with Crippen LogP contribution in [0.5, 0.6) is 0 Å². The molecule has 68 valence electrons. The van der Waals surface area contributed by atoms with Crippen molar-refractivity contribution < 1.29 is 0 Å². The van der Waals surface area contributed by atoms with Gasteiger partial charge in [0.15, 0.2) is 0 Å². The molecule has 0 aliphatic heterocycles. The summed E-state index contributed by atoms with van der Waals surface area (Å²) in [4.78, 5) is 0. The Morgan fingerprint density at radius 1 is 1.38 bits per heavy atom. The molecule has 1 atom stereocenters. The zero-order chi connectivity index (χ0) is 9.68. The first kappa shape index (κ1) is 10.8. The molecule has 0 saturated carbocycles. The van der Waals surface area contributed by atoms with E-state index >= 15 is 0 Å². The van der Waals surface area contributed by atoms with E-state index in [0.717, 1.165) is 0 Å². The van der Waals surface area contributed by atoms with E-state index in [0.29, 0.717) is 10.8 Å². The van der Waals surface area contributed by atoms with Crippen molar-refractivity contribution in [3.63, 3.8) is 0 Å². The zero-order valence-corrected chi connectivity index (χ0v) is 9.63. The molecule has 4 heteroatoms. The van der Waals surface area contributed by atoms with Gasteiger partial charge in [-0.15, -0.1) is 0 Å². The number of nitriles is 1. The van der Waals surface area contributed by atoms with Crippen LogP contribution in [0.2, 0.25) is 0 Å². The third-order valence-corrected chi connectivity index (χ3v) is 4.24. The van der Waals surface area contributed by atoms with Crippen LogP contribution in [0.4, 0.5) is 0 Å². The number of benzene rings is 1. The molecule has 1 unspecified atom stereocenters. The van der Waals surface area contributed by atoms with E-state index in [1.807, 2.05) is 24.3 Å². The van der Waals surface area contributed by atoms with E-state index in [1.54, 1.807) is 10.8 Å². The lowest BCUT2D eigenvalue weighted by Crippen LogP contribution is -1.85. The molecular weight excluding hydrogens is 218 g/mol. The van der Waals surface area contributed by atoms with Crippen LogP contribution in [0, 0.1) is 11.3 Å². The topological polar surface area (TPSA) is 23.8 Å². The lowest BCUT2D eigenvalue weighted by atomic mass is 10.1. The fraction of sp³-hybridized carbons (Fsp3) is 0.222. The van der Waals surface area contributed by atoms with E-state index in [4.69, 9.17) is 5.26 Å². The highest BCUT2D eigenvalue weighted by molar-refractivity contribution is 9.05. The summed E-state index contributed by atoms with van der Waals surface area (Å²) < 4.78 is 0. The van der Waals surface area contributed by atoms with Gasteiger partial charge < -0.3 is 0 Å². The fourth-order valence-electron chi connectivity index (χ4n) is 0.949. The van der Waals surface area contributed by atoms with E-state index in [9.17, 15) is 0 Å². The Hall–Kier alpha value is -0.240. The second-order valence-corrected chi connectivity index (χ2v) is 5.96. The number of hydrogen-bond acceptors (Lipinski definition) is 4. The lowest BCUT2D eigenvalue weighted by Gasteiger charge is -2.07. The van der Waals surface area contributed by atoms with Crippen molar-refractivity contribution in [2.24, 2.45) is 0 Å². The predicted molar refractivity (Wildman–Crippen MR) is 63.7 cm³/mol. The summed E-state index contributed by atoms with van der Waals surface area (Å²) in [5.74, 6) is 0. The predicted octanol–water partition coefficient (Wildman–Crippen LogP) is 3.85. The van der Waals surface area contributed by atoms with Crippen molar-refractivity contribution >= 4 is 32.3 Å². The summed E-state index contributed by atoms with van der Waals surface area (Å²) in [7, 11) is 3.16. The highest BCUT2D eigenvalue weighted by atomic mass is 33.5. The molecule has 0 heterocycles. The summed E-state index contributed by atoms with van der Waals surface area (Å²) in [5.41, 5.74) is 1.94. The Morgan fingerprint density at radius 3 is 2.46 bits per heavy atom. The molecule has 0 fully saturated rings. The third-order valence-electron chi connectivity index (χ3n) is 1.70. The van der Waals surface area contributed by atoms with Gasteiger partial charge in [0.2, 0.25) is 0 Å². The number of rotatable bonds is 3. The van der Waals surface area contributed by atoms with Crippen LogP contribution in [0.3, 0.4) is 0 Å². The van der Waals surface area contributed by atoms with Crippen molar-refractivity contribution in [3.8, 4) is 6.07 Å². The molecule has 13 heavy (non-hydrogen) atoms. The smallest absolute Gasteiger partial charge is 0.0991 e. The van der Waals surface area contributed by atoms with Gasteiger partial charge in [0.05, 0.1) is 11.6 Å². The summed E-state index contributed by atoms with van der Waals surface area (Å²) in [6.07, 6.45) is 0. The van der Waals surface area contributed by atoms with Gasteiger partial charge in [-0.25, -0.2) is 0 Å². The minimum atomic E-state index is 0.412. The molecule has 0 aliphatic rings. The Labute approximate surface area is 91.1 Å². The lowest BCUT2D eigenvalue weighted by molar-refractivity contribution is 1.11. The molecule has 1 aromatic rings. The van der Waals surface area contributed by atoms with E-state index in [2.05, 4.69) is 24.7 Å². The maximum Gasteiger partial charge on any atom is 0.0991 e. The van der Waals surface area contributed by atoms with Crippen molar-refractivity contribution in [1.82, 2.24) is 0 Å². The number of hydrogen-bond donors (Lipinski definition) is 1. The monoisotopic (exact) mass is 227 g/mol. The van der Waals surface area contributed by atoms with Crippen molar-refractivity contribution in [2.45, 2.75) is 12.2 Å². The first-order valence-corrected chi connectivity index (χ1v) is 7.01. The maximum absolute atomic E-state index is 8.60. The maximum atomic E-state index is 8.60. The SMILES string of the molecule is CC(SSS)c1ccc(C#N)cc1. The van der Waals surface area contributed by atoms with Crippen LogP contribution in [0.15, 0.2) is 24.3 Å². The molecule has 0 saturated heterocycles. The van der Waals surface area contributed by atoms with Crippen molar-refractivity contribution in [3.05, 3.63) is 35.4 Å². The largest absolute Gasteiger partial charge is 0.192 e. The molecule has 0 radical (unpaired) electrons. The average molecular weight is 227 g/mol. The van der Waals surface area contributed by atoms with Gasteiger partial charge in [-0.05, 0) is 34.4 Å². The second kappa shape index (κ2) is 5.48. The average Bonchev–Trinajstić information content (AvgIpc) is 2.18. The first-order valence-electron chi connectivity index (χ1n) is 3.75. The molecule has 0 amide bonds. The van der Waals surface area contributed by atoms with Gasteiger partial charge in [-0.3, -0.25) is 0 Å². The van der Waals surface area contributed by atoms with Crippen LogP contribution in [0.1, 0.15) is 23.3 Å². The minimum Gasteiger partial charge on any atom is -0.192 e. The highest BCUT2D eigenvalue weighted by Gasteiger charge is 2.04. The molecule has 0 aliphatic carbocycles. The number of thiol groups is 1. The molecule has 0 spiro atoms. The van der Waals surface area contributed by atoms with Crippen LogP contribution in [-0.4, -0.2) is 0 Å². The normalized spacial score (nSPS) is 12.1. The third kappa shape index (κ3) is 3.18. The van der Waals surface area contributed by atoms with Gasteiger partial charge in [-0.2, -0.15) is 5.26 Å². The zero-order valence-electron chi connectivity index (χ0n) is 7.10. The molecule has 1 aromatic carbocycles. The van der Waals surface area contributed by atoms with Crippen LogP contribution in [0.25, 0.3) is 0 Å². The molecule has 0 bridgehead atoms. The fourth-order valence-corrected chi connectivity index (χ4v) is 3.23. The van der Waals surface area contributed by atoms with Crippen LogP contribution >= 0.6 is 32.3 Å².